The molecule has 3 amide bonds. The SMILES string of the molecule is CC1CN(Cc2ccc(-n3ccc(NC(=O)N4CCN(C(=O)[C@@H](N)CO)CC4)nc3=O)cc2)CCC1N. The molecule has 200 valence electrons. The summed E-state index contributed by atoms with van der Waals surface area (Å²) in [6.45, 7) is 5.81. The highest BCUT2D eigenvalue weighted by Gasteiger charge is 2.27. The van der Waals surface area contributed by atoms with Gasteiger partial charge in [0, 0.05) is 51.5 Å². The normalized spacial score (nSPS) is 21.5. The summed E-state index contributed by atoms with van der Waals surface area (Å²) in [6.07, 6.45) is 2.58. The van der Waals surface area contributed by atoms with Crippen LogP contribution in [0.3, 0.4) is 0 Å². The van der Waals surface area contributed by atoms with Crippen molar-refractivity contribution in [3.63, 3.8) is 0 Å². The number of hydrogen-bond acceptors (Lipinski definition) is 8. The highest BCUT2D eigenvalue weighted by molar-refractivity contribution is 5.88. The molecule has 3 atom stereocenters. The third-order valence-electron chi connectivity index (χ3n) is 7.11. The molecule has 1 aromatic heterocycles. The summed E-state index contributed by atoms with van der Waals surface area (Å²) in [6, 6.07) is 8.28. The van der Waals surface area contributed by atoms with E-state index in [-0.39, 0.29) is 17.8 Å². The smallest absolute Gasteiger partial charge is 0.354 e. The van der Waals surface area contributed by atoms with Crippen molar-refractivity contribution < 1.29 is 14.7 Å². The topological polar surface area (TPSA) is 163 Å². The van der Waals surface area contributed by atoms with Crippen molar-refractivity contribution in [2.24, 2.45) is 17.4 Å². The molecule has 1 aromatic carbocycles. The molecule has 0 spiro atoms. The van der Waals surface area contributed by atoms with E-state index in [4.69, 9.17) is 16.6 Å². The summed E-state index contributed by atoms with van der Waals surface area (Å²) in [4.78, 5) is 46.9. The van der Waals surface area contributed by atoms with E-state index in [1.807, 2.05) is 24.3 Å². The molecule has 12 heteroatoms. The first-order chi connectivity index (χ1) is 17.7. The molecule has 4 rings (SSSR count). The van der Waals surface area contributed by atoms with Gasteiger partial charge in [0.2, 0.25) is 5.91 Å². The van der Waals surface area contributed by atoms with Gasteiger partial charge in [-0.2, -0.15) is 4.98 Å². The summed E-state index contributed by atoms with van der Waals surface area (Å²) >= 11 is 0. The lowest BCUT2D eigenvalue weighted by molar-refractivity contribution is -0.134. The highest BCUT2D eigenvalue weighted by Crippen LogP contribution is 2.18. The number of aromatic nitrogens is 2. The largest absolute Gasteiger partial charge is 0.394 e. The number of nitrogens with one attached hydrogen (secondary N) is 1. The maximum atomic E-state index is 12.7. The third-order valence-corrected chi connectivity index (χ3v) is 7.11. The Morgan fingerprint density at radius 3 is 2.41 bits per heavy atom. The monoisotopic (exact) mass is 512 g/mol. The van der Waals surface area contributed by atoms with Crippen LogP contribution in [0.5, 0.6) is 0 Å². The number of anilines is 1. The summed E-state index contributed by atoms with van der Waals surface area (Å²) in [5.74, 6) is 0.286. The fraction of sp³-hybridized carbons (Fsp3) is 0.520. The number of amides is 3. The van der Waals surface area contributed by atoms with E-state index < -0.39 is 24.4 Å². The molecule has 2 aliphatic rings. The van der Waals surface area contributed by atoms with Gasteiger partial charge in [-0.3, -0.25) is 19.6 Å². The highest BCUT2D eigenvalue weighted by atomic mass is 16.3. The molecule has 0 aliphatic carbocycles. The van der Waals surface area contributed by atoms with Gasteiger partial charge in [-0.25, -0.2) is 9.59 Å². The molecular weight excluding hydrogens is 476 g/mol. The lowest BCUT2D eigenvalue weighted by Gasteiger charge is -2.35. The first kappa shape index (κ1) is 26.7. The fourth-order valence-corrected chi connectivity index (χ4v) is 4.71. The molecule has 2 saturated heterocycles. The van der Waals surface area contributed by atoms with Crippen molar-refractivity contribution in [3.8, 4) is 5.69 Å². The molecule has 0 radical (unpaired) electrons. The predicted molar refractivity (Wildman–Crippen MR) is 139 cm³/mol. The minimum absolute atomic E-state index is 0.154. The summed E-state index contributed by atoms with van der Waals surface area (Å²) in [5, 5.41) is 11.7. The van der Waals surface area contributed by atoms with Crippen LogP contribution in [0.25, 0.3) is 5.69 Å². The van der Waals surface area contributed by atoms with Gasteiger partial charge < -0.3 is 26.4 Å². The van der Waals surface area contributed by atoms with Crippen molar-refractivity contribution >= 4 is 17.8 Å². The Balaban J connectivity index is 1.32. The van der Waals surface area contributed by atoms with Crippen molar-refractivity contribution in [1.29, 1.82) is 0 Å². The van der Waals surface area contributed by atoms with Crippen LogP contribution in [0.1, 0.15) is 18.9 Å². The number of aliphatic hydroxyl groups is 1. The number of rotatable bonds is 6. The van der Waals surface area contributed by atoms with E-state index >= 15 is 0 Å². The Hall–Kier alpha value is -3.32. The van der Waals surface area contributed by atoms with Crippen LogP contribution in [0.2, 0.25) is 0 Å². The van der Waals surface area contributed by atoms with Crippen LogP contribution < -0.4 is 22.5 Å². The lowest BCUT2D eigenvalue weighted by atomic mass is 9.94. The second-order valence-electron chi connectivity index (χ2n) is 9.83. The number of nitrogens with two attached hydrogens (primary N) is 2. The Morgan fingerprint density at radius 1 is 1.11 bits per heavy atom. The Labute approximate surface area is 215 Å². The molecule has 0 bridgehead atoms. The van der Waals surface area contributed by atoms with Gasteiger partial charge in [0.15, 0.2) is 0 Å². The number of piperazine rings is 1. The number of carbonyl (C=O) groups excluding carboxylic acids is 2. The molecular formula is C25H36N8O4. The molecule has 37 heavy (non-hydrogen) atoms. The molecule has 2 aromatic rings. The Morgan fingerprint density at radius 2 is 1.78 bits per heavy atom. The van der Waals surface area contributed by atoms with Gasteiger partial charge >= 0.3 is 11.7 Å². The molecule has 2 unspecified atom stereocenters. The first-order valence-corrected chi connectivity index (χ1v) is 12.6. The molecule has 2 fully saturated rings. The molecule has 3 heterocycles. The number of aliphatic hydroxyl groups excluding tert-OH is 1. The number of benzene rings is 1. The van der Waals surface area contributed by atoms with Crippen LogP contribution in [-0.4, -0.2) is 99.3 Å². The van der Waals surface area contributed by atoms with Crippen molar-refractivity contribution in [1.82, 2.24) is 24.3 Å². The maximum Gasteiger partial charge on any atom is 0.354 e. The van der Waals surface area contributed by atoms with Crippen LogP contribution in [0.15, 0.2) is 41.3 Å². The average molecular weight is 513 g/mol. The number of nitrogens with zero attached hydrogens (tertiary/aromatic N) is 5. The van der Waals surface area contributed by atoms with E-state index in [0.717, 1.165) is 31.6 Å². The zero-order valence-corrected chi connectivity index (χ0v) is 21.1. The summed E-state index contributed by atoms with van der Waals surface area (Å²) in [7, 11) is 0. The summed E-state index contributed by atoms with van der Waals surface area (Å²) < 4.78 is 1.43. The second kappa shape index (κ2) is 11.8. The minimum Gasteiger partial charge on any atom is -0.394 e. The van der Waals surface area contributed by atoms with Gasteiger partial charge in [0.25, 0.3) is 0 Å². The van der Waals surface area contributed by atoms with Gasteiger partial charge in [0.1, 0.15) is 11.9 Å². The van der Waals surface area contributed by atoms with Gasteiger partial charge in [-0.05, 0) is 42.6 Å². The van der Waals surface area contributed by atoms with Crippen LogP contribution in [-0.2, 0) is 11.3 Å². The number of piperidine rings is 1. The van der Waals surface area contributed by atoms with Crippen molar-refractivity contribution in [2.75, 3.05) is 51.2 Å². The number of urea groups is 1. The minimum atomic E-state index is -0.954. The molecule has 2 aliphatic heterocycles. The maximum absolute atomic E-state index is 12.7. The predicted octanol–water partition coefficient (Wildman–Crippen LogP) is -0.603. The quantitative estimate of drug-likeness (QED) is 0.399. The van der Waals surface area contributed by atoms with E-state index in [9.17, 15) is 14.4 Å². The molecule has 12 nitrogen and oxygen atoms in total. The Bertz CT molecular complexity index is 1150. The average Bonchev–Trinajstić information content (AvgIpc) is 2.90. The first-order valence-electron chi connectivity index (χ1n) is 12.6. The van der Waals surface area contributed by atoms with E-state index in [1.54, 1.807) is 12.3 Å². The number of carbonyl (C=O) groups is 2. The van der Waals surface area contributed by atoms with Crippen molar-refractivity contribution in [2.45, 2.75) is 32.0 Å². The Kier molecular flexibility index (Phi) is 8.54. The standard InChI is InChI=1S/C25H36N8O4/c1-17-14-30(8-6-20(17)26)15-18-2-4-19(5-3-18)33-9-7-22(29-25(33)37)28-24(36)32-12-10-31(11-13-32)23(35)21(27)16-34/h2-5,7,9,17,20-21,34H,6,8,10-16,26-27H2,1H3,(H,28,29,36,37)/t17?,20?,21-/m0/s1. The lowest BCUT2D eigenvalue weighted by Crippen LogP contribution is -2.55. The molecule has 0 saturated carbocycles. The fourth-order valence-electron chi connectivity index (χ4n) is 4.71. The van der Waals surface area contributed by atoms with Gasteiger partial charge in [-0.1, -0.05) is 19.1 Å². The number of hydrogen-bond donors (Lipinski definition) is 4. The zero-order valence-electron chi connectivity index (χ0n) is 21.1. The third kappa shape index (κ3) is 6.52. The summed E-state index contributed by atoms with van der Waals surface area (Å²) in [5.41, 5.74) is 13.1. The zero-order chi connectivity index (χ0) is 26.5. The van der Waals surface area contributed by atoms with Gasteiger partial charge in [0.05, 0.1) is 12.3 Å². The van der Waals surface area contributed by atoms with E-state index in [0.29, 0.717) is 37.8 Å². The van der Waals surface area contributed by atoms with Crippen molar-refractivity contribution in [3.05, 3.63) is 52.6 Å². The second-order valence-corrected chi connectivity index (χ2v) is 9.83. The van der Waals surface area contributed by atoms with E-state index in [2.05, 4.69) is 22.1 Å². The molecule has 6 N–H and O–H groups in total. The van der Waals surface area contributed by atoms with E-state index in [1.165, 1.54) is 14.4 Å². The van der Waals surface area contributed by atoms with Crippen LogP contribution in [0.4, 0.5) is 10.6 Å². The van der Waals surface area contributed by atoms with Crippen LogP contribution >= 0.6 is 0 Å². The number of likely N-dealkylation sites (tertiary alicyclic amines) is 1. The van der Waals surface area contributed by atoms with Crippen LogP contribution in [0, 0.1) is 5.92 Å². The van der Waals surface area contributed by atoms with Gasteiger partial charge in [-0.15, -0.1) is 0 Å².